The third-order valence-corrected chi connectivity index (χ3v) is 2.12. The van der Waals surface area contributed by atoms with Gasteiger partial charge in [0.25, 0.3) is 0 Å². The minimum absolute atomic E-state index is 1.13. The van der Waals surface area contributed by atoms with Gasteiger partial charge < -0.3 is 0 Å². The van der Waals surface area contributed by atoms with E-state index in [9.17, 15) is 0 Å². The van der Waals surface area contributed by atoms with Crippen molar-refractivity contribution in [1.82, 2.24) is 0 Å². The fraction of sp³-hybridized carbons (Fsp3) is 0.273. The molecule has 0 aromatic carbocycles. The van der Waals surface area contributed by atoms with Crippen LogP contribution >= 0.6 is 0 Å². The Morgan fingerprint density at radius 1 is 1.00 bits per heavy atom. The highest BCUT2D eigenvalue weighted by atomic mass is 14.1. The molecule has 0 fully saturated rings. The predicted molar refractivity (Wildman–Crippen MR) is 48.3 cm³/mol. The summed E-state index contributed by atoms with van der Waals surface area (Å²) in [4.78, 5) is 0. The van der Waals surface area contributed by atoms with E-state index in [1.807, 2.05) is 0 Å². The molecule has 0 saturated heterocycles. The van der Waals surface area contributed by atoms with Crippen LogP contribution in [0.3, 0.4) is 0 Å². The standard InChI is InChI=1S/C11H12/c1-2-6-10(5-1)9-11-7-3-4-8-11/h1-5,9H,6-8H2. The Morgan fingerprint density at radius 3 is 2.45 bits per heavy atom. The molecule has 0 aromatic heterocycles. The van der Waals surface area contributed by atoms with Gasteiger partial charge in [0.2, 0.25) is 0 Å². The van der Waals surface area contributed by atoms with Gasteiger partial charge in [0.15, 0.2) is 0 Å². The van der Waals surface area contributed by atoms with E-state index in [0.29, 0.717) is 0 Å². The fourth-order valence-corrected chi connectivity index (χ4v) is 1.50. The molecule has 2 aliphatic rings. The highest BCUT2D eigenvalue weighted by Crippen LogP contribution is 2.21. The molecule has 0 unspecified atom stereocenters. The number of rotatable bonds is 1. The van der Waals surface area contributed by atoms with E-state index >= 15 is 0 Å². The van der Waals surface area contributed by atoms with E-state index in [1.165, 1.54) is 5.57 Å². The Bertz CT molecular complexity index is 252. The van der Waals surface area contributed by atoms with Crippen molar-refractivity contribution >= 4 is 0 Å². The summed E-state index contributed by atoms with van der Waals surface area (Å²) in [5.74, 6) is 0. The second-order valence-electron chi connectivity index (χ2n) is 3.06. The zero-order valence-corrected chi connectivity index (χ0v) is 6.59. The lowest BCUT2D eigenvalue weighted by molar-refractivity contribution is 1.17. The summed E-state index contributed by atoms with van der Waals surface area (Å²) in [7, 11) is 0. The Kier molecular flexibility index (Phi) is 1.76. The zero-order valence-electron chi connectivity index (χ0n) is 6.59. The van der Waals surface area contributed by atoms with Crippen LogP contribution in [0.4, 0.5) is 0 Å². The zero-order chi connectivity index (χ0) is 7.52. The van der Waals surface area contributed by atoms with Crippen LogP contribution in [0.15, 0.2) is 47.6 Å². The lowest BCUT2D eigenvalue weighted by Gasteiger charge is -1.96. The molecule has 2 aliphatic carbocycles. The maximum absolute atomic E-state index is 2.33. The Morgan fingerprint density at radius 2 is 1.82 bits per heavy atom. The monoisotopic (exact) mass is 144 g/mol. The molecule has 0 aromatic rings. The molecule has 0 heteroatoms. The molecule has 0 saturated carbocycles. The first kappa shape index (κ1) is 6.66. The number of hydrogen-bond donors (Lipinski definition) is 0. The molecule has 2 rings (SSSR count). The molecule has 0 heterocycles. The van der Waals surface area contributed by atoms with Gasteiger partial charge in [0, 0.05) is 0 Å². The molecular weight excluding hydrogens is 132 g/mol. The van der Waals surface area contributed by atoms with Crippen molar-refractivity contribution in [3.8, 4) is 0 Å². The maximum atomic E-state index is 2.33. The quantitative estimate of drug-likeness (QED) is 0.496. The average Bonchev–Trinajstić information content (AvgIpc) is 2.60. The molecule has 0 N–H and O–H groups in total. The van der Waals surface area contributed by atoms with Crippen LogP contribution in [0.1, 0.15) is 19.3 Å². The largest absolute Gasteiger partial charge is 0.0841 e. The topological polar surface area (TPSA) is 0 Å². The summed E-state index contributed by atoms with van der Waals surface area (Å²) in [5, 5.41) is 0. The molecule has 0 atom stereocenters. The molecule has 0 amide bonds. The Labute approximate surface area is 67.6 Å². The summed E-state index contributed by atoms with van der Waals surface area (Å²) < 4.78 is 0. The van der Waals surface area contributed by atoms with Crippen LogP contribution in [0, 0.1) is 0 Å². The van der Waals surface area contributed by atoms with Gasteiger partial charge in [-0.2, -0.15) is 0 Å². The summed E-state index contributed by atoms with van der Waals surface area (Å²) >= 11 is 0. The fourth-order valence-electron chi connectivity index (χ4n) is 1.50. The third-order valence-electron chi connectivity index (χ3n) is 2.12. The third kappa shape index (κ3) is 1.51. The first-order valence-corrected chi connectivity index (χ1v) is 4.15. The molecule has 0 aliphatic heterocycles. The van der Waals surface area contributed by atoms with Crippen molar-refractivity contribution in [1.29, 1.82) is 0 Å². The first-order chi connectivity index (χ1) is 5.45. The summed E-state index contributed by atoms with van der Waals surface area (Å²) in [6.07, 6.45) is 16.8. The van der Waals surface area contributed by atoms with Crippen molar-refractivity contribution in [2.24, 2.45) is 0 Å². The van der Waals surface area contributed by atoms with Gasteiger partial charge in [-0.25, -0.2) is 0 Å². The number of hydrogen-bond acceptors (Lipinski definition) is 0. The van der Waals surface area contributed by atoms with Gasteiger partial charge in [0.05, 0.1) is 0 Å². The molecule has 0 bridgehead atoms. The normalized spacial score (nSPS) is 21.1. The van der Waals surface area contributed by atoms with Gasteiger partial charge in [-0.15, -0.1) is 0 Å². The Hall–Kier alpha value is -1.04. The lowest BCUT2D eigenvalue weighted by atomic mass is 10.1. The van der Waals surface area contributed by atoms with E-state index in [0.717, 1.165) is 19.3 Å². The van der Waals surface area contributed by atoms with Crippen molar-refractivity contribution in [3.05, 3.63) is 47.6 Å². The van der Waals surface area contributed by atoms with E-state index in [4.69, 9.17) is 0 Å². The molecule has 56 valence electrons. The van der Waals surface area contributed by atoms with Crippen molar-refractivity contribution in [2.45, 2.75) is 19.3 Å². The second kappa shape index (κ2) is 2.91. The van der Waals surface area contributed by atoms with Gasteiger partial charge >= 0.3 is 0 Å². The van der Waals surface area contributed by atoms with Crippen LogP contribution in [-0.2, 0) is 0 Å². The maximum Gasteiger partial charge on any atom is -0.00943 e. The molecule has 0 nitrogen and oxygen atoms in total. The van der Waals surface area contributed by atoms with Gasteiger partial charge in [-0.05, 0) is 24.8 Å². The van der Waals surface area contributed by atoms with Gasteiger partial charge in [-0.3, -0.25) is 0 Å². The molecule has 11 heavy (non-hydrogen) atoms. The van der Waals surface area contributed by atoms with Gasteiger partial charge in [-0.1, -0.05) is 42.0 Å². The highest BCUT2D eigenvalue weighted by Gasteiger charge is 2.01. The van der Waals surface area contributed by atoms with Crippen molar-refractivity contribution in [3.63, 3.8) is 0 Å². The SMILES string of the molecule is C1=CCC(C=C2CC=CC2)=C1. The average molecular weight is 144 g/mol. The lowest BCUT2D eigenvalue weighted by Crippen LogP contribution is -1.76. The van der Waals surface area contributed by atoms with Crippen LogP contribution in [0.2, 0.25) is 0 Å². The predicted octanol–water partition coefficient (Wildman–Crippen LogP) is 3.15. The van der Waals surface area contributed by atoms with Crippen molar-refractivity contribution < 1.29 is 0 Å². The molecular formula is C11H12. The van der Waals surface area contributed by atoms with Crippen molar-refractivity contribution in [2.75, 3.05) is 0 Å². The Balaban J connectivity index is 2.03. The van der Waals surface area contributed by atoms with E-state index < -0.39 is 0 Å². The highest BCUT2D eigenvalue weighted by molar-refractivity contribution is 5.36. The van der Waals surface area contributed by atoms with Gasteiger partial charge in [0.1, 0.15) is 0 Å². The summed E-state index contributed by atoms with van der Waals surface area (Å²) in [5.41, 5.74) is 3.02. The summed E-state index contributed by atoms with van der Waals surface area (Å²) in [6, 6.07) is 0. The van der Waals surface area contributed by atoms with Crippen LogP contribution in [0.5, 0.6) is 0 Å². The van der Waals surface area contributed by atoms with E-state index in [1.54, 1.807) is 5.57 Å². The second-order valence-corrected chi connectivity index (χ2v) is 3.06. The minimum Gasteiger partial charge on any atom is -0.0841 e. The smallest absolute Gasteiger partial charge is 0.00943 e. The molecule has 0 radical (unpaired) electrons. The number of allylic oxidation sites excluding steroid dienone is 8. The van der Waals surface area contributed by atoms with Crippen LogP contribution in [-0.4, -0.2) is 0 Å². The summed E-state index contributed by atoms with van der Waals surface area (Å²) in [6.45, 7) is 0. The van der Waals surface area contributed by atoms with E-state index in [2.05, 4.69) is 36.5 Å². The van der Waals surface area contributed by atoms with E-state index in [-0.39, 0.29) is 0 Å². The van der Waals surface area contributed by atoms with Crippen LogP contribution < -0.4 is 0 Å². The van der Waals surface area contributed by atoms with Crippen LogP contribution in [0.25, 0.3) is 0 Å². The minimum atomic E-state index is 1.13. The molecule has 0 spiro atoms. The first-order valence-electron chi connectivity index (χ1n) is 4.15.